The Labute approximate surface area is 76.7 Å². The summed E-state index contributed by atoms with van der Waals surface area (Å²) in [4.78, 5) is 4.18. The number of nitrogens with two attached hydrogens (primary N) is 1. The van der Waals surface area contributed by atoms with Crippen molar-refractivity contribution in [2.75, 3.05) is 0 Å². The molecule has 0 radical (unpaired) electrons. The number of halogens is 1. The van der Waals surface area contributed by atoms with Crippen molar-refractivity contribution < 1.29 is 0 Å². The van der Waals surface area contributed by atoms with E-state index in [-0.39, 0.29) is 6.04 Å². The van der Waals surface area contributed by atoms with Gasteiger partial charge in [0.05, 0.1) is 16.8 Å². The Morgan fingerprint density at radius 1 is 1.58 bits per heavy atom. The predicted molar refractivity (Wildman–Crippen MR) is 48.9 cm³/mol. The Balaban J connectivity index is 2.25. The molecule has 0 aromatic carbocycles. The van der Waals surface area contributed by atoms with Gasteiger partial charge in [-0.1, -0.05) is 11.6 Å². The van der Waals surface area contributed by atoms with Crippen molar-refractivity contribution in [1.82, 2.24) is 4.98 Å². The van der Waals surface area contributed by atoms with Gasteiger partial charge in [0.15, 0.2) is 0 Å². The molecule has 1 fully saturated rings. The number of aromatic nitrogens is 1. The van der Waals surface area contributed by atoms with Gasteiger partial charge >= 0.3 is 0 Å². The summed E-state index contributed by atoms with van der Waals surface area (Å²) in [5, 5.41) is 0.692. The molecule has 0 saturated heterocycles. The van der Waals surface area contributed by atoms with Crippen LogP contribution in [-0.2, 0) is 0 Å². The topological polar surface area (TPSA) is 38.9 Å². The maximum absolute atomic E-state index is 5.95. The molecule has 64 valence electrons. The minimum atomic E-state index is 0.0405. The monoisotopic (exact) mass is 182 g/mol. The van der Waals surface area contributed by atoms with Gasteiger partial charge in [-0.15, -0.1) is 0 Å². The predicted octanol–water partition coefficient (Wildman–Crippen LogP) is 2.14. The summed E-state index contributed by atoms with van der Waals surface area (Å²) in [5.41, 5.74) is 6.80. The van der Waals surface area contributed by atoms with E-state index in [2.05, 4.69) is 4.98 Å². The second-order valence-corrected chi connectivity index (χ2v) is 3.64. The number of hydrogen-bond acceptors (Lipinski definition) is 2. The van der Waals surface area contributed by atoms with Crippen LogP contribution < -0.4 is 5.73 Å². The second-order valence-electron chi connectivity index (χ2n) is 3.23. The zero-order valence-corrected chi connectivity index (χ0v) is 7.46. The molecule has 0 bridgehead atoms. The fourth-order valence-corrected chi connectivity index (χ4v) is 1.57. The molecule has 1 aromatic heterocycles. The molecule has 0 spiro atoms. The minimum Gasteiger partial charge on any atom is -0.322 e. The van der Waals surface area contributed by atoms with Crippen LogP contribution in [0.5, 0.6) is 0 Å². The summed E-state index contributed by atoms with van der Waals surface area (Å²) in [5.74, 6) is 0.609. The average Bonchev–Trinajstić information content (AvgIpc) is 2.86. The third-order valence-electron chi connectivity index (χ3n) is 2.23. The van der Waals surface area contributed by atoms with Gasteiger partial charge in [0.1, 0.15) is 0 Å². The first-order valence-electron chi connectivity index (χ1n) is 4.15. The fourth-order valence-electron chi connectivity index (χ4n) is 1.32. The lowest BCUT2D eigenvalue weighted by atomic mass is 10.1. The molecule has 1 aliphatic carbocycles. The van der Waals surface area contributed by atoms with E-state index in [1.54, 1.807) is 6.20 Å². The minimum absolute atomic E-state index is 0.0405. The van der Waals surface area contributed by atoms with Crippen LogP contribution in [0.2, 0.25) is 5.02 Å². The number of hydrogen-bond donors (Lipinski definition) is 1. The van der Waals surface area contributed by atoms with Gasteiger partial charge in [-0.3, -0.25) is 4.98 Å². The number of nitrogens with zero attached hydrogens (tertiary/aromatic N) is 1. The van der Waals surface area contributed by atoms with Crippen molar-refractivity contribution in [1.29, 1.82) is 0 Å². The van der Waals surface area contributed by atoms with Gasteiger partial charge < -0.3 is 5.73 Å². The molecule has 1 aliphatic rings. The summed E-state index contributed by atoms with van der Waals surface area (Å²) in [7, 11) is 0. The highest BCUT2D eigenvalue weighted by molar-refractivity contribution is 6.31. The molecule has 3 heteroatoms. The largest absolute Gasteiger partial charge is 0.322 e. The van der Waals surface area contributed by atoms with Crippen molar-refractivity contribution in [3.8, 4) is 0 Å². The van der Waals surface area contributed by atoms with Crippen LogP contribution in [0.4, 0.5) is 0 Å². The Bertz CT molecular complexity index is 284. The van der Waals surface area contributed by atoms with Crippen molar-refractivity contribution in [2.45, 2.75) is 18.9 Å². The molecule has 2 N–H and O–H groups in total. The summed E-state index contributed by atoms with van der Waals surface area (Å²) in [6.07, 6.45) is 4.17. The molecule has 0 amide bonds. The number of rotatable bonds is 2. The van der Waals surface area contributed by atoms with Crippen LogP contribution in [0, 0.1) is 5.92 Å². The van der Waals surface area contributed by atoms with E-state index in [1.165, 1.54) is 12.8 Å². The molecule has 2 rings (SSSR count). The summed E-state index contributed by atoms with van der Waals surface area (Å²) in [6.45, 7) is 0. The van der Waals surface area contributed by atoms with Crippen LogP contribution in [0.15, 0.2) is 18.3 Å². The van der Waals surface area contributed by atoms with Gasteiger partial charge in [0.25, 0.3) is 0 Å². The number of pyridine rings is 1. The standard InChI is InChI=1S/C9H11ClN2/c10-7-2-1-5-12-9(7)8(11)6-3-4-6/h1-2,5-6,8H,3-4,11H2/t8-/m1/s1. The maximum atomic E-state index is 5.95. The summed E-state index contributed by atoms with van der Waals surface area (Å²) >= 11 is 5.95. The van der Waals surface area contributed by atoms with E-state index >= 15 is 0 Å². The lowest BCUT2D eigenvalue weighted by molar-refractivity contribution is 0.615. The molecule has 1 saturated carbocycles. The summed E-state index contributed by atoms with van der Waals surface area (Å²) < 4.78 is 0. The lowest BCUT2D eigenvalue weighted by Crippen LogP contribution is -2.14. The van der Waals surface area contributed by atoms with Crippen molar-refractivity contribution in [2.24, 2.45) is 11.7 Å². The summed E-state index contributed by atoms with van der Waals surface area (Å²) in [6, 6.07) is 3.70. The SMILES string of the molecule is N[C@@H](c1ncccc1Cl)C1CC1. The molecular formula is C9H11ClN2. The third-order valence-corrected chi connectivity index (χ3v) is 2.55. The van der Waals surface area contributed by atoms with E-state index in [4.69, 9.17) is 17.3 Å². The van der Waals surface area contributed by atoms with Crippen LogP contribution in [-0.4, -0.2) is 4.98 Å². The zero-order valence-electron chi connectivity index (χ0n) is 6.70. The Morgan fingerprint density at radius 3 is 2.92 bits per heavy atom. The maximum Gasteiger partial charge on any atom is 0.0759 e. The molecular weight excluding hydrogens is 172 g/mol. The van der Waals surface area contributed by atoms with Gasteiger partial charge in [0, 0.05) is 6.20 Å². The van der Waals surface area contributed by atoms with E-state index < -0.39 is 0 Å². The van der Waals surface area contributed by atoms with Gasteiger partial charge in [-0.05, 0) is 30.9 Å². The van der Waals surface area contributed by atoms with Crippen molar-refractivity contribution >= 4 is 11.6 Å². The third kappa shape index (κ3) is 1.45. The molecule has 1 heterocycles. The van der Waals surface area contributed by atoms with Crippen LogP contribution in [0.25, 0.3) is 0 Å². The lowest BCUT2D eigenvalue weighted by Gasteiger charge is -2.10. The van der Waals surface area contributed by atoms with E-state index in [9.17, 15) is 0 Å². The zero-order chi connectivity index (χ0) is 8.55. The Kier molecular flexibility index (Phi) is 2.03. The molecule has 0 unspecified atom stereocenters. The smallest absolute Gasteiger partial charge is 0.0759 e. The molecule has 2 nitrogen and oxygen atoms in total. The highest BCUT2D eigenvalue weighted by Gasteiger charge is 2.31. The fraction of sp³-hybridized carbons (Fsp3) is 0.444. The first-order valence-corrected chi connectivity index (χ1v) is 4.53. The Morgan fingerprint density at radius 2 is 2.33 bits per heavy atom. The highest BCUT2D eigenvalue weighted by Crippen LogP contribution is 2.40. The highest BCUT2D eigenvalue weighted by atomic mass is 35.5. The van der Waals surface area contributed by atoms with Crippen LogP contribution in [0.1, 0.15) is 24.6 Å². The molecule has 0 aliphatic heterocycles. The Hall–Kier alpha value is -0.600. The normalized spacial score (nSPS) is 19.2. The molecule has 1 aromatic rings. The van der Waals surface area contributed by atoms with Gasteiger partial charge in [-0.25, -0.2) is 0 Å². The van der Waals surface area contributed by atoms with E-state index in [0.717, 1.165) is 5.69 Å². The first-order chi connectivity index (χ1) is 5.79. The van der Waals surface area contributed by atoms with Gasteiger partial charge in [0.2, 0.25) is 0 Å². The van der Waals surface area contributed by atoms with E-state index in [0.29, 0.717) is 10.9 Å². The van der Waals surface area contributed by atoms with Gasteiger partial charge in [-0.2, -0.15) is 0 Å². The molecule has 1 atom stereocenters. The van der Waals surface area contributed by atoms with Crippen molar-refractivity contribution in [3.05, 3.63) is 29.0 Å². The quantitative estimate of drug-likeness (QED) is 0.761. The van der Waals surface area contributed by atoms with E-state index in [1.807, 2.05) is 12.1 Å². The average molecular weight is 183 g/mol. The molecule has 12 heavy (non-hydrogen) atoms. The second kappa shape index (κ2) is 3.04. The first kappa shape index (κ1) is 8.02. The van der Waals surface area contributed by atoms with Crippen LogP contribution >= 0.6 is 11.6 Å². The van der Waals surface area contributed by atoms with Crippen molar-refractivity contribution in [3.63, 3.8) is 0 Å². The van der Waals surface area contributed by atoms with Crippen LogP contribution in [0.3, 0.4) is 0 Å².